The minimum Gasteiger partial charge on any atom is -0.480 e. The molecular formula is C27H32N2O6. The summed E-state index contributed by atoms with van der Waals surface area (Å²) < 4.78 is 10.9. The smallest absolute Gasteiger partial charge is 0.407 e. The van der Waals surface area contributed by atoms with E-state index in [0.717, 1.165) is 22.3 Å². The number of hydrogen-bond donors (Lipinski definition) is 2. The second-order valence-corrected chi connectivity index (χ2v) is 9.09. The summed E-state index contributed by atoms with van der Waals surface area (Å²) in [4.78, 5) is 39.2. The predicted molar refractivity (Wildman–Crippen MR) is 130 cm³/mol. The highest BCUT2D eigenvalue weighted by atomic mass is 16.5. The number of aliphatic carboxylic acids is 1. The number of carboxylic acids is 1. The van der Waals surface area contributed by atoms with Gasteiger partial charge in [-0.2, -0.15) is 0 Å². The van der Waals surface area contributed by atoms with Gasteiger partial charge >= 0.3 is 12.1 Å². The summed E-state index contributed by atoms with van der Waals surface area (Å²) in [5.74, 6) is -1.43. The lowest BCUT2D eigenvalue weighted by Gasteiger charge is -2.40. The highest BCUT2D eigenvalue weighted by Crippen LogP contribution is 2.44. The number of amides is 2. The van der Waals surface area contributed by atoms with Crippen LogP contribution in [-0.2, 0) is 19.1 Å². The van der Waals surface area contributed by atoms with Crippen LogP contribution in [0, 0.1) is 5.41 Å². The number of carbonyl (C=O) groups excluding carboxylic acids is 2. The Bertz CT molecular complexity index is 1050. The van der Waals surface area contributed by atoms with Crippen molar-refractivity contribution >= 4 is 18.0 Å². The van der Waals surface area contributed by atoms with Crippen molar-refractivity contribution in [2.75, 3.05) is 32.9 Å². The van der Waals surface area contributed by atoms with Crippen LogP contribution in [0.4, 0.5) is 4.79 Å². The van der Waals surface area contributed by atoms with Crippen molar-refractivity contribution < 1.29 is 29.0 Å². The molecule has 2 amide bonds. The van der Waals surface area contributed by atoms with Crippen LogP contribution in [0.25, 0.3) is 11.1 Å². The molecule has 0 spiro atoms. The molecule has 35 heavy (non-hydrogen) atoms. The van der Waals surface area contributed by atoms with Crippen molar-refractivity contribution in [2.24, 2.45) is 5.41 Å². The minimum atomic E-state index is -1.09. The molecule has 1 saturated heterocycles. The van der Waals surface area contributed by atoms with Gasteiger partial charge in [0.05, 0.1) is 18.6 Å². The molecular weight excluding hydrogens is 448 g/mol. The molecule has 2 N–H and O–H groups in total. The van der Waals surface area contributed by atoms with Crippen LogP contribution < -0.4 is 5.32 Å². The van der Waals surface area contributed by atoms with Crippen LogP contribution in [0.1, 0.15) is 43.7 Å². The molecule has 2 aromatic carbocycles. The van der Waals surface area contributed by atoms with E-state index in [9.17, 15) is 19.5 Å². The van der Waals surface area contributed by atoms with Gasteiger partial charge in [0.15, 0.2) is 6.04 Å². The van der Waals surface area contributed by atoms with Crippen molar-refractivity contribution in [3.8, 4) is 11.1 Å². The number of fused-ring (bicyclic) bond motifs is 3. The summed E-state index contributed by atoms with van der Waals surface area (Å²) in [6.45, 7) is 4.46. The SMILES string of the molecule is CCC(CC)(CNC(=O)OCC1c2ccccc2-c2ccccc21)C(=O)N1CCOCC1C(=O)O. The quantitative estimate of drug-likeness (QED) is 0.598. The number of hydrogen-bond acceptors (Lipinski definition) is 5. The lowest BCUT2D eigenvalue weighted by atomic mass is 9.80. The Balaban J connectivity index is 1.41. The summed E-state index contributed by atoms with van der Waals surface area (Å²) >= 11 is 0. The van der Waals surface area contributed by atoms with Crippen LogP contribution in [0.2, 0.25) is 0 Å². The maximum atomic E-state index is 13.5. The van der Waals surface area contributed by atoms with Crippen LogP contribution in [0.5, 0.6) is 0 Å². The van der Waals surface area contributed by atoms with Crippen molar-refractivity contribution in [1.29, 1.82) is 0 Å². The molecule has 1 atom stereocenters. The second-order valence-electron chi connectivity index (χ2n) is 9.09. The number of nitrogens with zero attached hydrogens (tertiary/aromatic N) is 1. The van der Waals surface area contributed by atoms with Gasteiger partial charge in [0.25, 0.3) is 0 Å². The average molecular weight is 481 g/mol. The van der Waals surface area contributed by atoms with Gasteiger partial charge in [0, 0.05) is 19.0 Å². The van der Waals surface area contributed by atoms with Crippen LogP contribution in [-0.4, -0.2) is 66.9 Å². The number of benzene rings is 2. The molecule has 0 aromatic heterocycles. The summed E-state index contributed by atoms with van der Waals surface area (Å²) in [7, 11) is 0. The molecule has 2 aliphatic rings. The molecule has 0 saturated carbocycles. The fraction of sp³-hybridized carbons (Fsp3) is 0.444. The Labute approximate surface area is 205 Å². The molecule has 2 aromatic rings. The van der Waals surface area contributed by atoms with E-state index in [1.54, 1.807) is 0 Å². The molecule has 4 rings (SSSR count). The van der Waals surface area contributed by atoms with E-state index in [1.165, 1.54) is 4.90 Å². The molecule has 1 fully saturated rings. The number of rotatable bonds is 8. The summed E-state index contributed by atoms with van der Waals surface area (Å²) in [6, 6.07) is 15.2. The van der Waals surface area contributed by atoms with E-state index in [4.69, 9.17) is 9.47 Å². The summed E-state index contributed by atoms with van der Waals surface area (Å²) in [5, 5.41) is 12.3. The van der Waals surface area contributed by atoms with Gasteiger partial charge in [-0.3, -0.25) is 4.79 Å². The number of carbonyl (C=O) groups is 3. The lowest BCUT2D eigenvalue weighted by Crippen LogP contribution is -2.58. The first-order valence-corrected chi connectivity index (χ1v) is 12.1. The Morgan fingerprint density at radius 2 is 1.66 bits per heavy atom. The Hall–Kier alpha value is -3.39. The summed E-state index contributed by atoms with van der Waals surface area (Å²) in [5.41, 5.74) is 3.63. The van der Waals surface area contributed by atoms with Crippen LogP contribution in [0.3, 0.4) is 0 Å². The molecule has 8 heteroatoms. The van der Waals surface area contributed by atoms with Crippen molar-refractivity contribution in [2.45, 2.75) is 38.6 Å². The third-order valence-corrected chi connectivity index (χ3v) is 7.40. The zero-order valence-corrected chi connectivity index (χ0v) is 20.2. The number of ether oxygens (including phenoxy) is 2. The summed E-state index contributed by atoms with van der Waals surface area (Å²) in [6.07, 6.45) is 0.313. The van der Waals surface area contributed by atoms with Gasteiger partial charge in [-0.15, -0.1) is 0 Å². The number of carboxylic acid groups (broad SMARTS) is 1. The topological polar surface area (TPSA) is 105 Å². The van der Waals surface area contributed by atoms with Crippen LogP contribution >= 0.6 is 0 Å². The molecule has 186 valence electrons. The predicted octanol–water partition coefficient (Wildman–Crippen LogP) is 3.64. The van der Waals surface area contributed by atoms with Gasteiger partial charge in [0.1, 0.15) is 6.61 Å². The maximum absolute atomic E-state index is 13.5. The van der Waals surface area contributed by atoms with Gasteiger partial charge in [-0.1, -0.05) is 62.4 Å². The number of morpholine rings is 1. The van der Waals surface area contributed by atoms with E-state index >= 15 is 0 Å². The van der Waals surface area contributed by atoms with E-state index in [-0.39, 0.29) is 38.1 Å². The molecule has 1 aliphatic heterocycles. The second kappa shape index (κ2) is 10.5. The highest BCUT2D eigenvalue weighted by molar-refractivity contribution is 5.88. The fourth-order valence-corrected chi connectivity index (χ4v) is 5.12. The third kappa shape index (κ3) is 4.75. The van der Waals surface area contributed by atoms with Gasteiger partial charge in [0.2, 0.25) is 5.91 Å². The number of alkyl carbamates (subject to hydrolysis) is 1. The third-order valence-electron chi connectivity index (χ3n) is 7.40. The van der Waals surface area contributed by atoms with Gasteiger partial charge in [-0.05, 0) is 35.1 Å². The van der Waals surface area contributed by atoms with E-state index in [2.05, 4.69) is 29.6 Å². The van der Waals surface area contributed by atoms with Gasteiger partial charge in [-0.25, -0.2) is 9.59 Å². The zero-order chi connectivity index (χ0) is 25.0. The van der Waals surface area contributed by atoms with Crippen molar-refractivity contribution in [1.82, 2.24) is 10.2 Å². The van der Waals surface area contributed by atoms with Gasteiger partial charge < -0.3 is 24.8 Å². The minimum absolute atomic E-state index is 0.0373. The van der Waals surface area contributed by atoms with E-state index in [1.807, 2.05) is 38.1 Å². The monoisotopic (exact) mass is 480 g/mol. The first kappa shape index (κ1) is 24.7. The Morgan fingerprint density at radius 3 is 2.23 bits per heavy atom. The standard InChI is InChI=1S/C27H32N2O6/c1-3-27(4-2,25(32)29-13-14-34-16-23(29)24(30)31)17-28-26(33)35-15-22-20-11-7-5-9-18(20)19-10-6-8-12-21(19)22/h5-12,22-23H,3-4,13-17H2,1-2H3,(H,28,33)(H,30,31). The van der Waals surface area contributed by atoms with Crippen molar-refractivity contribution in [3.05, 3.63) is 59.7 Å². The Kier molecular flexibility index (Phi) is 7.40. The zero-order valence-electron chi connectivity index (χ0n) is 20.2. The first-order chi connectivity index (χ1) is 16.9. The molecule has 0 bridgehead atoms. The highest BCUT2D eigenvalue weighted by Gasteiger charge is 2.43. The lowest BCUT2D eigenvalue weighted by molar-refractivity contribution is -0.164. The number of nitrogens with one attached hydrogen (secondary N) is 1. The molecule has 8 nitrogen and oxygen atoms in total. The molecule has 1 unspecified atom stereocenters. The molecule has 1 heterocycles. The first-order valence-electron chi connectivity index (χ1n) is 12.1. The largest absolute Gasteiger partial charge is 0.480 e. The maximum Gasteiger partial charge on any atom is 0.407 e. The average Bonchev–Trinajstić information content (AvgIpc) is 3.21. The molecule has 1 aliphatic carbocycles. The van der Waals surface area contributed by atoms with Crippen molar-refractivity contribution in [3.63, 3.8) is 0 Å². The van der Waals surface area contributed by atoms with Crippen LogP contribution in [0.15, 0.2) is 48.5 Å². The molecule has 0 radical (unpaired) electrons. The fourth-order valence-electron chi connectivity index (χ4n) is 5.12. The normalized spacial score (nSPS) is 17.4. The van der Waals surface area contributed by atoms with E-state index in [0.29, 0.717) is 19.4 Å². The van der Waals surface area contributed by atoms with E-state index < -0.39 is 23.5 Å². The Morgan fingerprint density at radius 1 is 1.06 bits per heavy atom.